The third kappa shape index (κ3) is 5.22. The minimum Gasteiger partial charge on any atom is -0.309 e. The van der Waals surface area contributed by atoms with Crippen LogP contribution in [0.25, 0.3) is 86.9 Å². The Bertz CT molecular complexity index is 3200. The summed E-state index contributed by atoms with van der Waals surface area (Å²) in [6, 6.07) is 44.1. The van der Waals surface area contributed by atoms with Crippen molar-refractivity contribution in [2.45, 2.75) is 13.1 Å². The molecular formula is C47H26F3N5. The van der Waals surface area contributed by atoms with E-state index in [1.807, 2.05) is 91.0 Å². The molecule has 0 aliphatic rings. The number of fused-ring (bicyclic) bond motifs is 6. The molecule has 0 unspecified atom stereocenters. The number of hydrogen-bond donors (Lipinski definition) is 0. The van der Waals surface area contributed by atoms with E-state index in [9.17, 15) is 18.4 Å². The highest BCUT2D eigenvalue weighted by Gasteiger charge is 2.34. The van der Waals surface area contributed by atoms with Gasteiger partial charge in [-0.15, -0.1) is 0 Å². The van der Waals surface area contributed by atoms with Gasteiger partial charge in [-0.1, -0.05) is 66.7 Å². The molecule has 0 radical (unpaired) electrons. The summed E-state index contributed by atoms with van der Waals surface area (Å²) >= 11 is 0. The first kappa shape index (κ1) is 33.3. The average molecular weight is 718 g/mol. The van der Waals surface area contributed by atoms with Crippen LogP contribution in [0.4, 0.5) is 24.5 Å². The lowest BCUT2D eigenvalue weighted by molar-refractivity contribution is -0.137. The lowest BCUT2D eigenvalue weighted by Crippen LogP contribution is -2.08. The summed E-state index contributed by atoms with van der Waals surface area (Å²) in [5.74, 6) is 0. The molecule has 0 saturated carbocycles. The Morgan fingerprint density at radius 1 is 0.600 bits per heavy atom. The van der Waals surface area contributed by atoms with E-state index in [2.05, 4.69) is 24.9 Å². The summed E-state index contributed by atoms with van der Waals surface area (Å²) < 4.78 is 47.9. The molecule has 9 rings (SSSR count). The fourth-order valence-electron chi connectivity index (χ4n) is 7.98. The largest absolute Gasteiger partial charge is 0.417 e. The second-order valence-electron chi connectivity index (χ2n) is 13.4. The van der Waals surface area contributed by atoms with Crippen LogP contribution in [0.2, 0.25) is 0 Å². The van der Waals surface area contributed by atoms with Crippen molar-refractivity contribution in [3.05, 3.63) is 179 Å². The number of nitrogens with zero attached hydrogens (tertiary/aromatic N) is 5. The maximum absolute atomic E-state index is 14.6. The molecule has 5 nitrogen and oxygen atoms in total. The summed E-state index contributed by atoms with van der Waals surface area (Å²) in [6.07, 6.45) is -4.60. The maximum atomic E-state index is 14.6. The molecule has 0 atom stereocenters. The summed E-state index contributed by atoms with van der Waals surface area (Å²) in [5, 5.41) is 13.3. The van der Waals surface area contributed by atoms with Crippen LogP contribution in [0.3, 0.4) is 0 Å². The summed E-state index contributed by atoms with van der Waals surface area (Å²) in [4.78, 5) is 7.61. The van der Waals surface area contributed by atoms with E-state index in [-0.39, 0.29) is 5.56 Å². The van der Waals surface area contributed by atoms with Crippen LogP contribution in [0.5, 0.6) is 0 Å². The molecule has 260 valence electrons. The fraction of sp³-hybridized carbons (Fsp3) is 0.0426. The molecule has 55 heavy (non-hydrogen) atoms. The second-order valence-corrected chi connectivity index (χ2v) is 13.4. The zero-order valence-electron chi connectivity index (χ0n) is 29.1. The van der Waals surface area contributed by atoms with Gasteiger partial charge in [-0.2, -0.15) is 18.4 Å². The second kappa shape index (κ2) is 12.5. The molecule has 0 N–H and O–H groups in total. The van der Waals surface area contributed by atoms with E-state index in [1.165, 1.54) is 6.07 Å². The first-order valence-corrected chi connectivity index (χ1v) is 17.4. The van der Waals surface area contributed by atoms with Gasteiger partial charge in [0.1, 0.15) is 0 Å². The Morgan fingerprint density at radius 3 is 1.98 bits per heavy atom. The van der Waals surface area contributed by atoms with Gasteiger partial charge in [0.25, 0.3) is 0 Å². The summed E-state index contributed by atoms with van der Waals surface area (Å²) in [5.41, 5.74) is 7.43. The van der Waals surface area contributed by atoms with E-state index in [4.69, 9.17) is 13.1 Å². The van der Waals surface area contributed by atoms with Crippen molar-refractivity contribution in [2.75, 3.05) is 0 Å². The van der Waals surface area contributed by atoms with Crippen molar-refractivity contribution in [2.24, 2.45) is 0 Å². The Kier molecular flexibility index (Phi) is 7.57. The predicted octanol–water partition coefficient (Wildman–Crippen LogP) is 13.5. The monoisotopic (exact) mass is 717 g/mol. The van der Waals surface area contributed by atoms with Gasteiger partial charge < -0.3 is 9.13 Å². The van der Waals surface area contributed by atoms with Gasteiger partial charge in [-0.3, -0.25) is 0 Å². The highest BCUT2D eigenvalue weighted by atomic mass is 19.4. The lowest BCUT2D eigenvalue weighted by atomic mass is 9.91. The number of para-hydroxylation sites is 2. The van der Waals surface area contributed by atoms with Crippen LogP contribution in [-0.2, 0) is 6.18 Å². The molecule has 8 heteroatoms. The maximum Gasteiger partial charge on any atom is 0.417 e. The van der Waals surface area contributed by atoms with Gasteiger partial charge in [-0.25, -0.2) is 9.69 Å². The number of benzene rings is 7. The van der Waals surface area contributed by atoms with Gasteiger partial charge in [0.05, 0.1) is 58.1 Å². The van der Waals surface area contributed by atoms with Crippen molar-refractivity contribution in [1.29, 1.82) is 5.26 Å². The van der Waals surface area contributed by atoms with Gasteiger partial charge >= 0.3 is 6.18 Å². The van der Waals surface area contributed by atoms with E-state index < -0.39 is 11.7 Å². The minimum absolute atomic E-state index is 0.0722. The standard InChI is InChI=1S/C47H26F3N5/c1-28-9-8-12-39(47(48,49)50)46(28)30-16-21-44(55-42-14-7-5-11-34(42)38-25-31(52-2)17-22-45(38)55)37(24-30)35-26-32(18-19-40(35)53-3)54-41-13-6-4-10-33(41)36-23-29(27-51)15-20-43(36)54/h4-26H,1H3. The van der Waals surface area contributed by atoms with Crippen LogP contribution in [0.1, 0.15) is 16.7 Å². The van der Waals surface area contributed by atoms with Crippen molar-refractivity contribution in [3.63, 3.8) is 0 Å². The molecule has 0 saturated heterocycles. The highest BCUT2D eigenvalue weighted by molar-refractivity contribution is 6.12. The van der Waals surface area contributed by atoms with Crippen molar-refractivity contribution >= 4 is 55.0 Å². The predicted molar refractivity (Wildman–Crippen MR) is 213 cm³/mol. The third-order valence-electron chi connectivity index (χ3n) is 10.3. The average Bonchev–Trinajstić information content (AvgIpc) is 3.72. The topological polar surface area (TPSA) is 42.4 Å². The highest BCUT2D eigenvalue weighted by Crippen LogP contribution is 2.45. The number of aromatic nitrogens is 2. The number of rotatable bonds is 4. The molecule has 0 aliphatic heterocycles. The number of hydrogen-bond acceptors (Lipinski definition) is 1. The number of nitriles is 1. The minimum atomic E-state index is -4.60. The zero-order chi connectivity index (χ0) is 38.0. The van der Waals surface area contributed by atoms with E-state index in [0.717, 1.165) is 55.4 Å². The van der Waals surface area contributed by atoms with Gasteiger partial charge in [0, 0.05) is 21.8 Å². The van der Waals surface area contributed by atoms with Crippen LogP contribution < -0.4 is 0 Å². The Morgan fingerprint density at radius 2 is 1.27 bits per heavy atom. The van der Waals surface area contributed by atoms with Gasteiger partial charge in [0.2, 0.25) is 0 Å². The van der Waals surface area contributed by atoms with Gasteiger partial charge in [0.15, 0.2) is 11.4 Å². The molecule has 7 aromatic carbocycles. The zero-order valence-corrected chi connectivity index (χ0v) is 29.1. The molecule has 0 spiro atoms. The normalized spacial score (nSPS) is 11.6. The van der Waals surface area contributed by atoms with E-state index in [0.29, 0.717) is 44.9 Å². The molecule has 2 aromatic heterocycles. The third-order valence-corrected chi connectivity index (χ3v) is 10.3. The summed E-state index contributed by atoms with van der Waals surface area (Å²) in [7, 11) is 0. The van der Waals surface area contributed by atoms with Crippen molar-refractivity contribution in [1.82, 2.24) is 9.13 Å². The Hall–Kier alpha value is -7.60. The van der Waals surface area contributed by atoms with Crippen molar-refractivity contribution < 1.29 is 13.2 Å². The van der Waals surface area contributed by atoms with Crippen LogP contribution in [0.15, 0.2) is 140 Å². The molecule has 0 amide bonds. The van der Waals surface area contributed by atoms with Crippen molar-refractivity contribution in [3.8, 4) is 39.7 Å². The molecule has 0 aliphatic carbocycles. The van der Waals surface area contributed by atoms with E-state index >= 15 is 0 Å². The Labute approximate surface area is 313 Å². The molecule has 0 bridgehead atoms. The molecular weight excluding hydrogens is 692 g/mol. The van der Waals surface area contributed by atoms with Crippen LogP contribution >= 0.6 is 0 Å². The first-order valence-electron chi connectivity index (χ1n) is 17.4. The molecule has 0 fully saturated rings. The van der Waals surface area contributed by atoms with Gasteiger partial charge in [-0.05, 0) is 113 Å². The quantitative estimate of drug-likeness (QED) is 0.167. The van der Waals surface area contributed by atoms with Crippen LogP contribution in [-0.4, -0.2) is 9.13 Å². The smallest absolute Gasteiger partial charge is 0.309 e. The van der Waals surface area contributed by atoms with Crippen LogP contribution in [0, 0.1) is 31.4 Å². The lowest BCUT2D eigenvalue weighted by Gasteiger charge is -2.20. The summed E-state index contributed by atoms with van der Waals surface area (Å²) in [6.45, 7) is 17.6. The molecule has 9 aromatic rings. The molecule has 2 heterocycles. The Balaban J connectivity index is 1.40. The number of aryl methyl sites for hydroxylation is 1. The first-order chi connectivity index (χ1) is 26.7. The SMILES string of the molecule is [C-]#[N+]c1ccc2c(c1)c1ccccc1n2-c1ccc(-c2c(C)cccc2C(F)(F)F)cc1-c1cc(-n2c3ccccc3c3cc(C#N)ccc32)ccc1[N+]#[C-]. The van der Waals surface area contributed by atoms with E-state index in [1.54, 1.807) is 43.3 Å². The number of halogens is 3. The number of alkyl halides is 3. The fourth-order valence-corrected chi connectivity index (χ4v) is 7.98.